The molecular formula is C22H28N4O. The molecule has 5 nitrogen and oxygen atoms in total. The number of para-hydroxylation sites is 2. The lowest BCUT2D eigenvalue weighted by Crippen LogP contribution is -2.35. The zero-order valence-corrected chi connectivity index (χ0v) is 16.4. The van der Waals surface area contributed by atoms with Gasteiger partial charge in [-0.05, 0) is 51.4 Å². The molecular weight excluding hydrogens is 336 g/mol. The molecule has 1 aliphatic rings. The Kier molecular flexibility index (Phi) is 5.12. The van der Waals surface area contributed by atoms with Crippen molar-refractivity contribution >= 4 is 11.0 Å². The minimum atomic E-state index is 0.404. The molecule has 2 aromatic heterocycles. The fraction of sp³-hybridized carbons (Fsp3) is 0.455. The molecule has 0 bridgehead atoms. The molecule has 3 aromatic rings. The van der Waals surface area contributed by atoms with E-state index in [4.69, 9.17) is 9.72 Å². The van der Waals surface area contributed by atoms with Crippen LogP contribution in [0.15, 0.2) is 42.6 Å². The van der Waals surface area contributed by atoms with E-state index in [2.05, 4.69) is 58.6 Å². The first-order valence-corrected chi connectivity index (χ1v) is 9.84. The van der Waals surface area contributed by atoms with Crippen molar-refractivity contribution in [3.05, 3.63) is 54.0 Å². The third-order valence-corrected chi connectivity index (χ3v) is 5.45. The average molecular weight is 364 g/mol. The summed E-state index contributed by atoms with van der Waals surface area (Å²) in [5, 5.41) is 0. The van der Waals surface area contributed by atoms with E-state index in [0.717, 1.165) is 36.6 Å². The fourth-order valence-electron chi connectivity index (χ4n) is 4.27. The van der Waals surface area contributed by atoms with Crippen LogP contribution < -0.4 is 4.74 Å². The van der Waals surface area contributed by atoms with Gasteiger partial charge < -0.3 is 9.30 Å². The first-order chi connectivity index (χ1) is 13.2. The van der Waals surface area contributed by atoms with E-state index in [9.17, 15) is 0 Å². The molecule has 0 spiro atoms. The van der Waals surface area contributed by atoms with Crippen LogP contribution in [0.1, 0.15) is 50.0 Å². The van der Waals surface area contributed by atoms with E-state index in [1.165, 1.54) is 24.2 Å². The number of nitrogens with zero attached hydrogens (tertiary/aromatic N) is 4. The Morgan fingerprint density at radius 2 is 2.04 bits per heavy atom. The highest BCUT2D eigenvalue weighted by Gasteiger charge is 2.27. The summed E-state index contributed by atoms with van der Waals surface area (Å²) in [6.45, 7) is 7.50. The molecule has 5 heteroatoms. The van der Waals surface area contributed by atoms with Gasteiger partial charge in [-0.3, -0.25) is 4.90 Å². The Balaban J connectivity index is 1.60. The topological polar surface area (TPSA) is 43.2 Å². The van der Waals surface area contributed by atoms with Crippen molar-refractivity contribution in [2.24, 2.45) is 0 Å². The fourth-order valence-corrected chi connectivity index (χ4v) is 4.27. The van der Waals surface area contributed by atoms with Gasteiger partial charge in [-0.1, -0.05) is 18.2 Å². The van der Waals surface area contributed by atoms with Crippen LogP contribution in [-0.2, 0) is 6.54 Å². The summed E-state index contributed by atoms with van der Waals surface area (Å²) < 4.78 is 7.86. The first kappa shape index (κ1) is 18.0. The lowest BCUT2D eigenvalue weighted by molar-refractivity contribution is 0.191. The molecule has 0 unspecified atom stereocenters. The average Bonchev–Trinajstić information content (AvgIpc) is 3.08. The van der Waals surface area contributed by atoms with Gasteiger partial charge in [-0.25, -0.2) is 9.97 Å². The number of pyridine rings is 1. The van der Waals surface area contributed by atoms with Gasteiger partial charge in [0, 0.05) is 36.8 Å². The largest absolute Gasteiger partial charge is 0.481 e. The Morgan fingerprint density at radius 3 is 2.85 bits per heavy atom. The molecule has 0 saturated carbocycles. The maximum absolute atomic E-state index is 5.43. The maximum atomic E-state index is 5.43. The van der Waals surface area contributed by atoms with E-state index >= 15 is 0 Å². The number of benzene rings is 1. The van der Waals surface area contributed by atoms with Crippen LogP contribution >= 0.6 is 0 Å². The molecule has 0 aliphatic carbocycles. The molecule has 4 rings (SSSR count). The number of aromatic nitrogens is 3. The van der Waals surface area contributed by atoms with Crippen molar-refractivity contribution in [1.29, 1.82) is 0 Å². The van der Waals surface area contributed by atoms with E-state index in [0.29, 0.717) is 12.0 Å². The standard InChI is InChI=1S/C22H28N4O/c1-16(2)26-20-11-5-4-10-19(20)24-21(26)17-9-7-13-25(14-17)15-18-8-6-12-23-22(18)27-3/h4-6,8,10-12,16-17H,7,9,13-15H2,1-3H3/t17-/m1/s1. The highest BCUT2D eigenvalue weighted by Crippen LogP contribution is 2.32. The van der Waals surface area contributed by atoms with E-state index in [1.54, 1.807) is 13.3 Å². The number of methoxy groups -OCH3 is 1. The van der Waals surface area contributed by atoms with Crippen molar-refractivity contribution in [3.63, 3.8) is 0 Å². The van der Waals surface area contributed by atoms with Gasteiger partial charge in [0.05, 0.1) is 18.1 Å². The van der Waals surface area contributed by atoms with Gasteiger partial charge in [0.1, 0.15) is 5.82 Å². The summed E-state index contributed by atoms with van der Waals surface area (Å²) in [4.78, 5) is 11.9. The Bertz CT molecular complexity index is 918. The number of fused-ring (bicyclic) bond motifs is 1. The Hall–Kier alpha value is -2.40. The summed E-state index contributed by atoms with van der Waals surface area (Å²) >= 11 is 0. The molecule has 0 N–H and O–H groups in total. The molecule has 3 heterocycles. The monoisotopic (exact) mass is 364 g/mol. The number of piperidine rings is 1. The minimum absolute atomic E-state index is 0.404. The van der Waals surface area contributed by atoms with E-state index in [1.807, 2.05) is 6.07 Å². The van der Waals surface area contributed by atoms with Crippen molar-refractivity contribution in [1.82, 2.24) is 19.4 Å². The second-order valence-corrected chi connectivity index (χ2v) is 7.67. The quantitative estimate of drug-likeness (QED) is 0.673. The van der Waals surface area contributed by atoms with Crippen molar-refractivity contribution in [3.8, 4) is 5.88 Å². The first-order valence-electron chi connectivity index (χ1n) is 9.84. The highest BCUT2D eigenvalue weighted by molar-refractivity contribution is 5.76. The zero-order valence-electron chi connectivity index (χ0n) is 16.4. The number of hydrogen-bond donors (Lipinski definition) is 0. The third-order valence-electron chi connectivity index (χ3n) is 5.45. The Labute approximate surface area is 161 Å². The molecule has 1 fully saturated rings. The molecule has 27 heavy (non-hydrogen) atoms. The molecule has 142 valence electrons. The van der Waals surface area contributed by atoms with Gasteiger partial charge in [0.15, 0.2) is 0 Å². The predicted molar refractivity (Wildman–Crippen MR) is 108 cm³/mol. The van der Waals surface area contributed by atoms with Crippen LogP contribution in [0.2, 0.25) is 0 Å². The summed E-state index contributed by atoms with van der Waals surface area (Å²) in [5.74, 6) is 2.42. The van der Waals surface area contributed by atoms with Crippen LogP contribution in [0.4, 0.5) is 0 Å². The summed E-state index contributed by atoms with van der Waals surface area (Å²) in [6, 6.07) is 13.0. The molecule has 1 aliphatic heterocycles. The van der Waals surface area contributed by atoms with Crippen molar-refractivity contribution < 1.29 is 4.74 Å². The molecule has 0 amide bonds. The van der Waals surface area contributed by atoms with Crippen LogP contribution in [0.3, 0.4) is 0 Å². The minimum Gasteiger partial charge on any atom is -0.481 e. The second kappa shape index (κ2) is 7.69. The normalized spacial score (nSPS) is 18.3. The maximum Gasteiger partial charge on any atom is 0.217 e. The molecule has 1 aromatic carbocycles. The number of hydrogen-bond acceptors (Lipinski definition) is 4. The lowest BCUT2D eigenvalue weighted by atomic mass is 9.96. The molecule has 1 atom stereocenters. The molecule has 0 radical (unpaired) electrons. The number of ether oxygens (including phenoxy) is 1. The number of rotatable bonds is 5. The number of likely N-dealkylation sites (tertiary alicyclic amines) is 1. The summed E-state index contributed by atoms with van der Waals surface area (Å²) in [7, 11) is 1.69. The lowest BCUT2D eigenvalue weighted by Gasteiger charge is -2.33. The second-order valence-electron chi connectivity index (χ2n) is 7.67. The highest BCUT2D eigenvalue weighted by atomic mass is 16.5. The van der Waals surface area contributed by atoms with Gasteiger partial charge in [-0.15, -0.1) is 0 Å². The van der Waals surface area contributed by atoms with Crippen LogP contribution in [0.5, 0.6) is 5.88 Å². The van der Waals surface area contributed by atoms with Gasteiger partial charge in [0.25, 0.3) is 0 Å². The van der Waals surface area contributed by atoms with E-state index < -0.39 is 0 Å². The predicted octanol–water partition coefficient (Wildman–Crippen LogP) is 4.40. The van der Waals surface area contributed by atoms with Crippen molar-refractivity contribution in [2.75, 3.05) is 20.2 Å². The van der Waals surface area contributed by atoms with Crippen LogP contribution in [0, 0.1) is 0 Å². The van der Waals surface area contributed by atoms with Gasteiger partial charge in [0.2, 0.25) is 5.88 Å². The van der Waals surface area contributed by atoms with Crippen molar-refractivity contribution in [2.45, 2.75) is 45.2 Å². The summed E-state index contributed by atoms with van der Waals surface area (Å²) in [5.41, 5.74) is 3.50. The van der Waals surface area contributed by atoms with Gasteiger partial charge in [-0.2, -0.15) is 0 Å². The zero-order chi connectivity index (χ0) is 18.8. The SMILES string of the molecule is COc1ncccc1CN1CCC[C@@H](c2nc3ccccc3n2C(C)C)C1. The van der Waals surface area contributed by atoms with Crippen LogP contribution in [0.25, 0.3) is 11.0 Å². The van der Waals surface area contributed by atoms with Gasteiger partial charge >= 0.3 is 0 Å². The smallest absolute Gasteiger partial charge is 0.217 e. The van der Waals surface area contributed by atoms with Crippen LogP contribution in [-0.4, -0.2) is 39.6 Å². The molecule has 1 saturated heterocycles. The Morgan fingerprint density at radius 1 is 1.19 bits per heavy atom. The third kappa shape index (κ3) is 3.56. The number of imidazole rings is 1. The summed E-state index contributed by atoms with van der Waals surface area (Å²) in [6.07, 6.45) is 4.16. The van der Waals surface area contributed by atoms with E-state index in [-0.39, 0.29) is 0 Å².